The molecule has 0 atom stereocenters. The van der Waals surface area contributed by atoms with Gasteiger partial charge in [0.1, 0.15) is 0 Å². The summed E-state index contributed by atoms with van der Waals surface area (Å²) >= 11 is 2.87. The van der Waals surface area contributed by atoms with Crippen molar-refractivity contribution in [2.75, 3.05) is 32.4 Å². The molecule has 30 heavy (non-hydrogen) atoms. The summed E-state index contributed by atoms with van der Waals surface area (Å²) in [5, 5.41) is 11.3. The predicted molar refractivity (Wildman–Crippen MR) is 120 cm³/mol. The summed E-state index contributed by atoms with van der Waals surface area (Å²) in [7, 11) is 4.51. The van der Waals surface area contributed by atoms with E-state index >= 15 is 0 Å². The van der Waals surface area contributed by atoms with Gasteiger partial charge in [-0.2, -0.15) is 0 Å². The van der Waals surface area contributed by atoms with Crippen LogP contribution < -0.4 is 19.5 Å². The third kappa shape index (κ3) is 5.52. The van der Waals surface area contributed by atoms with E-state index in [0.29, 0.717) is 27.9 Å². The van der Waals surface area contributed by atoms with Gasteiger partial charge in [0.25, 0.3) is 5.91 Å². The number of ether oxygens (including phenoxy) is 3. The van der Waals surface area contributed by atoms with E-state index < -0.39 is 0 Å². The molecule has 2 aromatic carbocycles. The van der Waals surface area contributed by atoms with Crippen LogP contribution in [0.25, 0.3) is 6.08 Å². The number of thioether (sulfide) groups is 1. The fourth-order valence-electron chi connectivity index (χ4n) is 2.57. The molecule has 1 N–H and O–H groups in total. The van der Waals surface area contributed by atoms with Crippen LogP contribution in [-0.4, -0.2) is 43.2 Å². The van der Waals surface area contributed by atoms with Crippen LogP contribution in [-0.2, 0) is 0 Å². The molecular weight excluding hydrogens is 422 g/mol. The van der Waals surface area contributed by atoms with Crippen molar-refractivity contribution in [2.45, 2.75) is 4.34 Å². The standard InChI is InChI=1S/C21H21N3O4S2/c1-26-16-12-15(13-17(27-2)18(16)28-3)19(25)22-20-23-24-21(30-20)29-11-7-10-14-8-5-4-6-9-14/h4-10,12-13H,11H2,1-3H3,(H,22,23,25)/b10-7+. The number of benzene rings is 2. The molecule has 0 aliphatic carbocycles. The Morgan fingerprint density at radius 2 is 1.77 bits per heavy atom. The first kappa shape index (κ1) is 21.7. The molecule has 3 rings (SSSR count). The molecule has 9 heteroatoms. The van der Waals surface area contributed by atoms with Gasteiger partial charge in [0.05, 0.1) is 21.3 Å². The van der Waals surface area contributed by atoms with Gasteiger partial charge in [-0.15, -0.1) is 10.2 Å². The van der Waals surface area contributed by atoms with Crippen LogP contribution in [0, 0.1) is 0 Å². The molecule has 0 radical (unpaired) electrons. The number of nitrogens with zero attached hydrogens (tertiary/aromatic N) is 2. The maximum atomic E-state index is 12.6. The summed E-state index contributed by atoms with van der Waals surface area (Å²) in [6.07, 6.45) is 4.12. The molecular formula is C21H21N3O4S2. The lowest BCUT2D eigenvalue weighted by molar-refractivity contribution is 0.102. The summed E-state index contributed by atoms with van der Waals surface area (Å²) in [5.41, 5.74) is 1.51. The van der Waals surface area contributed by atoms with E-state index in [0.717, 1.165) is 15.7 Å². The van der Waals surface area contributed by atoms with Gasteiger partial charge in [-0.25, -0.2) is 0 Å². The van der Waals surface area contributed by atoms with E-state index in [1.807, 2.05) is 30.3 Å². The van der Waals surface area contributed by atoms with Crippen molar-refractivity contribution in [3.05, 3.63) is 59.7 Å². The highest BCUT2D eigenvalue weighted by atomic mass is 32.2. The largest absolute Gasteiger partial charge is 0.493 e. The monoisotopic (exact) mass is 443 g/mol. The first-order valence-corrected chi connectivity index (χ1v) is 10.7. The van der Waals surface area contributed by atoms with Gasteiger partial charge in [0.15, 0.2) is 15.8 Å². The Balaban J connectivity index is 1.61. The minimum Gasteiger partial charge on any atom is -0.493 e. The summed E-state index contributed by atoms with van der Waals surface area (Å²) in [6.45, 7) is 0. The number of nitrogens with one attached hydrogen (secondary N) is 1. The molecule has 0 bridgehead atoms. The third-order valence-corrected chi connectivity index (χ3v) is 5.89. The van der Waals surface area contributed by atoms with Crippen molar-refractivity contribution < 1.29 is 19.0 Å². The normalized spacial score (nSPS) is 10.8. The fraction of sp³-hybridized carbons (Fsp3) is 0.190. The lowest BCUT2D eigenvalue weighted by Crippen LogP contribution is -2.12. The SMILES string of the molecule is COc1cc(C(=O)Nc2nnc(SC/C=C/c3ccccc3)s2)cc(OC)c1OC. The van der Waals surface area contributed by atoms with Crippen LogP contribution in [0.15, 0.2) is 52.9 Å². The van der Waals surface area contributed by atoms with Crippen LogP contribution in [0.3, 0.4) is 0 Å². The topological polar surface area (TPSA) is 82.6 Å². The molecule has 0 aliphatic rings. The number of methoxy groups -OCH3 is 3. The van der Waals surface area contributed by atoms with E-state index in [2.05, 4.69) is 27.7 Å². The zero-order chi connectivity index (χ0) is 21.3. The number of amides is 1. The molecule has 0 saturated carbocycles. The minimum atomic E-state index is -0.342. The average molecular weight is 444 g/mol. The molecule has 1 amide bonds. The molecule has 0 aliphatic heterocycles. The fourth-order valence-corrected chi connectivity index (χ4v) is 4.15. The van der Waals surface area contributed by atoms with Gasteiger partial charge in [0.2, 0.25) is 10.9 Å². The highest BCUT2D eigenvalue weighted by Gasteiger charge is 2.18. The van der Waals surface area contributed by atoms with Crippen molar-refractivity contribution in [3.63, 3.8) is 0 Å². The smallest absolute Gasteiger partial charge is 0.257 e. The van der Waals surface area contributed by atoms with Crippen LogP contribution >= 0.6 is 23.1 Å². The molecule has 0 saturated heterocycles. The van der Waals surface area contributed by atoms with Crippen LogP contribution in [0.5, 0.6) is 17.2 Å². The number of carbonyl (C=O) groups excluding carboxylic acids is 1. The molecule has 0 unspecified atom stereocenters. The van der Waals surface area contributed by atoms with Gasteiger partial charge in [-0.1, -0.05) is 65.6 Å². The van der Waals surface area contributed by atoms with E-state index in [4.69, 9.17) is 14.2 Å². The highest BCUT2D eigenvalue weighted by Crippen LogP contribution is 2.38. The Morgan fingerprint density at radius 3 is 2.40 bits per heavy atom. The molecule has 156 valence electrons. The third-order valence-electron chi connectivity index (χ3n) is 3.97. The van der Waals surface area contributed by atoms with E-state index in [9.17, 15) is 4.79 Å². The number of rotatable bonds is 9. The van der Waals surface area contributed by atoms with Crippen LogP contribution in [0.4, 0.5) is 5.13 Å². The van der Waals surface area contributed by atoms with Crippen molar-refractivity contribution in [1.82, 2.24) is 10.2 Å². The van der Waals surface area contributed by atoms with E-state index in [1.165, 1.54) is 32.7 Å². The Labute approximate surface area is 183 Å². The maximum Gasteiger partial charge on any atom is 0.257 e. The first-order chi connectivity index (χ1) is 14.6. The van der Waals surface area contributed by atoms with Gasteiger partial charge < -0.3 is 14.2 Å². The lowest BCUT2D eigenvalue weighted by atomic mass is 10.1. The number of hydrogen-bond acceptors (Lipinski definition) is 8. The van der Waals surface area contributed by atoms with Crippen LogP contribution in [0.1, 0.15) is 15.9 Å². The zero-order valence-corrected chi connectivity index (χ0v) is 18.4. The van der Waals surface area contributed by atoms with E-state index in [1.54, 1.807) is 23.9 Å². The van der Waals surface area contributed by atoms with Crippen molar-refractivity contribution >= 4 is 40.2 Å². The Bertz CT molecular complexity index is 997. The average Bonchev–Trinajstić information content (AvgIpc) is 3.23. The molecule has 1 heterocycles. The Hall–Kier alpha value is -3.04. The van der Waals surface area contributed by atoms with Gasteiger partial charge >= 0.3 is 0 Å². The first-order valence-electron chi connectivity index (χ1n) is 8.94. The summed E-state index contributed by atoms with van der Waals surface area (Å²) in [4.78, 5) is 12.6. The number of hydrogen-bond donors (Lipinski definition) is 1. The summed E-state index contributed by atoms with van der Waals surface area (Å²) in [5.74, 6) is 1.65. The number of aromatic nitrogens is 2. The molecule has 0 spiro atoms. The number of anilines is 1. The zero-order valence-electron chi connectivity index (χ0n) is 16.7. The van der Waals surface area contributed by atoms with Gasteiger partial charge in [-0.05, 0) is 17.7 Å². The molecule has 3 aromatic rings. The highest BCUT2D eigenvalue weighted by molar-refractivity contribution is 8.01. The van der Waals surface area contributed by atoms with Crippen LogP contribution in [0.2, 0.25) is 0 Å². The Morgan fingerprint density at radius 1 is 1.07 bits per heavy atom. The second-order valence-corrected chi connectivity index (χ2v) is 8.11. The Kier molecular flexibility index (Phi) is 7.69. The second-order valence-electron chi connectivity index (χ2n) is 5.87. The predicted octanol–water partition coefficient (Wildman–Crippen LogP) is 4.62. The van der Waals surface area contributed by atoms with Crippen molar-refractivity contribution in [3.8, 4) is 17.2 Å². The summed E-state index contributed by atoms with van der Waals surface area (Å²) < 4.78 is 16.6. The lowest BCUT2D eigenvalue weighted by Gasteiger charge is -2.13. The van der Waals surface area contributed by atoms with Gasteiger partial charge in [0, 0.05) is 11.3 Å². The van der Waals surface area contributed by atoms with Crippen molar-refractivity contribution in [2.24, 2.45) is 0 Å². The quantitative estimate of drug-likeness (QED) is 0.382. The summed E-state index contributed by atoms with van der Waals surface area (Å²) in [6, 6.07) is 13.2. The van der Waals surface area contributed by atoms with Crippen molar-refractivity contribution in [1.29, 1.82) is 0 Å². The second kappa shape index (κ2) is 10.7. The molecule has 7 nitrogen and oxygen atoms in total. The van der Waals surface area contributed by atoms with Gasteiger partial charge in [-0.3, -0.25) is 10.1 Å². The minimum absolute atomic E-state index is 0.342. The molecule has 0 fully saturated rings. The molecule has 1 aromatic heterocycles. The van der Waals surface area contributed by atoms with E-state index in [-0.39, 0.29) is 5.91 Å². The number of carbonyl (C=O) groups is 1. The maximum absolute atomic E-state index is 12.6.